The second kappa shape index (κ2) is 4.61. The molecule has 0 radical (unpaired) electrons. The maximum Gasteiger partial charge on any atom is 0.233 e. The van der Waals surface area contributed by atoms with Crippen LogP contribution in [0.25, 0.3) is 0 Å². The first-order valence-corrected chi connectivity index (χ1v) is 6.49. The lowest BCUT2D eigenvalue weighted by atomic mass is 9.99. The van der Waals surface area contributed by atoms with Gasteiger partial charge >= 0.3 is 0 Å². The number of nitrogens with zero attached hydrogens (tertiary/aromatic N) is 1. The molecular weight excluding hydrogens is 228 g/mol. The van der Waals surface area contributed by atoms with Crippen molar-refractivity contribution in [1.82, 2.24) is 10.2 Å². The van der Waals surface area contributed by atoms with Crippen molar-refractivity contribution < 1.29 is 9.53 Å². The van der Waals surface area contributed by atoms with Gasteiger partial charge in [0.05, 0.1) is 0 Å². The van der Waals surface area contributed by atoms with Gasteiger partial charge in [0.15, 0.2) is 0 Å². The van der Waals surface area contributed by atoms with E-state index in [-0.39, 0.29) is 11.8 Å². The third-order valence-electron chi connectivity index (χ3n) is 3.68. The second-order valence-electron chi connectivity index (χ2n) is 5.04. The number of ether oxygens (including phenoxy) is 1. The van der Waals surface area contributed by atoms with E-state index in [1.165, 1.54) is 0 Å². The van der Waals surface area contributed by atoms with Crippen molar-refractivity contribution in [3.8, 4) is 5.75 Å². The van der Waals surface area contributed by atoms with Crippen LogP contribution in [0.5, 0.6) is 5.75 Å². The molecule has 1 aromatic rings. The van der Waals surface area contributed by atoms with E-state index in [1.54, 1.807) is 0 Å². The molecule has 0 spiro atoms. The van der Waals surface area contributed by atoms with Crippen molar-refractivity contribution in [2.75, 3.05) is 26.2 Å². The number of hydrogen-bond acceptors (Lipinski definition) is 3. The van der Waals surface area contributed by atoms with E-state index in [0.717, 1.165) is 30.9 Å². The molecule has 2 heterocycles. The number of amides is 1. The summed E-state index contributed by atoms with van der Waals surface area (Å²) in [6.07, 6.45) is 0. The average Bonchev–Trinajstić information content (AvgIpc) is 2.82. The van der Waals surface area contributed by atoms with E-state index >= 15 is 0 Å². The number of benzene rings is 1. The standard InChI is InChI=1S/C14H18N2O2/c1-10-8-16(7-6-15-10)14(17)12-9-18-13-5-3-2-4-11(12)13/h2-5,10,12,15H,6-9H2,1H3/t10-,12?/m0/s1. The summed E-state index contributed by atoms with van der Waals surface area (Å²) < 4.78 is 5.59. The van der Waals surface area contributed by atoms with E-state index < -0.39 is 0 Å². The van der Waals surface area contributed by atoms with Gasteiger partial charge in [-0.3, -0.25) is 4.79 Å². The molecule has 18 heavy (non-hydrogen) atoms. The predicted octanol–water partition coefficient (Wildman–Crippen LogP) is 0.983. The zero-order chi connectivity index (χ0) is 12.5. The predicted molar refractivity (Wildman–Crippen MR) is 68.7 cm³/mol. The van der Waals surface area contributed by atoms with E-state index in [2.05, 4.69) is 12.2 Å². The maximum atomic E-state index is 12.5. The van der Waals surface area contributed by atoms with E-state index in [4.69, 9.17) is 4.74 Å². The van der Waals surface area contributed by atoms with Crippen LogP contribution in [-0.2, 0) is 4.79 Å². The average molecular weight is 246 g/mol. The van der Waals surface area contributed by atoms with E-state index in [0.29, 0.717) is 12.6 Å². The van der Waals surface area contributed by atoms with Gasteiger partial charge in [-0.05, 0) is 13.0 Å². The number of carbonyl (C=O) groups excluding carboxylic acids is 1. The van der Waals surface area contributed by atoms with Gasteiger partial charge in [-0.15, -0.1) is 0 Å². The molecule has 0 aliphatic carbocycles. The highest BCUT2D eigenvalue weighted by Crippen LogP contribution is 2.34. The summed E-state index contributed by atoms with van der Waals surface area (Å²) in [5.41, 5.74) is 1.04. The third kappa shape index (κ3) is 1.97. The number of carbonyl (C=O) groups is 1. The van der Waals surface area contributed by atoms with Crippen LogP contribution >= 0.6 is 0 Å². The minimum Gasteiger partial charge on any atom is -0.492 e. The van der Waals surface area contributed by atoms with Crippen molar-refractivity contribution in [2.24, 2.45) is 0 Å². The Kier molecular flexibility index (Phi) is 2.96. The molecule has 0 aromatic heterocycles. The first-order valence-electron chi connectivity index (χ1n) is 6.49. The third-order valence-corrected chi connectivity index (χ3v) is 3.68. The fourth-order valence-corrected chi connectivity index (χ4v) is 2.72. The Labute approximate surface area is 107 Å². The molecule has 1 saturated heterocycles. The molecule has 1 unspecified atom stereocenters. The van der Waals surface area contributed by atoms with Crippen molar-refractivity contribution in [2.45, 2.75) is 18.9 Å². The summed E-state index contributed by atoms with van der Waals surface area (Å²) in [7, 11) is 0. The Balaban J connectivity index is 1.78. The van der Waals surface area contributed by atoms with Gasteiger partial charge in [-0.25, -0.2) is 0 Å². The van der Waals surface area contributed by atoms with Crippen LogP contribution in [0.3, 0.4) is 0 Å². The Morgan fingerprint density at radius 3 is 3.11 bits per heavy atom. The van der Waals surface area contributed by atoms with E-state index in [1.807, 2.05) is 29.2 Å². The van der Waals surface area contributed by atoms with Gasteiger partial charge in [0.25, 0.3) is 0 Å². The van der Waals surface area contributed by atoms with Crippen LogP contribution in [0.2, 0.25) is 0 Å². The van der Waals surface area contributed by atoms with Gasteiger partial charge in [-0.2, -0.15) is 0 Å². The first kappa shape index (κ1) is 11.5. The molecule has 1 N–H and O–H groups in total. The highest BCUT2D eigenvalue weighted by atomic mass is 16.5. The summed E-state index contributed by atoms with van der Waals surface area (Å²) in [6, 6.07) is 8.21. The normalized spacial score (nSPS) is 26.6. The fraction of sp³-hybridized carbons (Fsp3) is 0.500. The van der Waals surface area contributed by atoms with Crippen LogP contribution in [0.1, 0.15) is 18.4 Å². The Hall–Kier alpha value is -1.55. The summed E-state index contributed by atoms with van der Waals surface area (Å²) in [5, 5.41) is 3.35. The molecule has 96 valence electrons. The van der Waals surface area contributed by atoms with Gasteiger partial charge in [-0.1, -0.05) is 18.2 Å². The number of nitrogens with one attached hydrogen (secondary N) is 1. The molecule has 4 nitrogen and oxygen atoms in total. The number of piperazine rings is 1. The molecule has 2 aliphatic rings. The lowest BCUT2D eigenvalue weighted by Crippen LogP contribution is -2.52. The fourth-order valence-electron chi connectivity index (χ4n) is 2.72. The highest BCUT2D eigenvalue weighted by Gasteiger charge is 2.34. The number of para-hydroxylation sites is 1. The molecule has 3 rings (SSSR count). The summed E-state index contributed by atoms with van der Waals surface area (Å²) >= 11 is 0. The van der Waals surface area contributed by atoms with Crippen molar-refractivity contribution in [3.63, 3.8) is 0 Å². The smallest absolute Gasteiger partial charge is 0.233 e. The zero-order valence-corrected chi connectivity index (χ0v) is 10.6. The van der Waals surface area contributed by atoms with Crippen LogP contribution in [0.15, 0.2) is 24.3 Å². The van der Waals surface area contributed by atoms with Crippen molar-refractivity contribution in [3.05, 3.63) is 29.8 Å². The largest absolute Gasteiger partial charge is 0.492 e. The summed E-state index contributed by atoms with van der Waals surface area (Å²) in [6.45, 7) is 5.05. The molecular formula is C14H18N2O2. The van der Waals surface area contributed by atoms with Gasteiger partial charge in [0.2, 0.25) is 5.91 Å². The second-order valence-corrected chi connectivity index (χ2v) is 5.04. The lowest BCUT2D eigenvalue weighted by molar-refractivity contribution is -0.134. The number of rotatable bonds is 1. The minimum absolute atomic E-state index is 0.119. The van der Waals surface area contributed by atoms with E-state index in [9.17, 15) is 4.79 Å². The summed E-state index contributed by atoms with van der Waals surface area (Å²) in [5.74, 6) is 0.943. The molecule has 0 saturated carbocycles. The quantitative estimate of drug-likeness (QED) is 0.803. The minimum atomic E-state index is -0.119. The Morgan fingerprint density at radius 1 is 1.44 bits per heavy atom. The molecule has 2 aliphatic heterocycles. The topological polar surface area (TPSA) is 41.6 Å². The van der Waals surface area contributed by atoms with Crippen LogP contribution in [0, 0.1) is 0 Å². The van der Waals surface area contributed by atoms with Crippen LogP contribution in [-0.4, -0.2) is 43.1 Å². The van der Waals surface area contributed by atoms with Gasteiger partial charge in [0.1, 0.15) is 18.3 Å². The molecule has 4 heteroatoms. The van der Waals surface area contributed by atoms with Crippen LogP contribution < -0.4 is 10.1 Å². The number of hydrogen-bond donors (Lipinski definition) is 1. The Morgan fingerprint density at radius 2 is 2.28 bits per heavy atom. The zero-order valence-electron chi connectivity index (χ0n) is 10.6. The highest BCUT2D eigenvalue weighted by molar-refractivity contribution is 5.85. The number of fused-ring (bicyclic) bond motifs is 1. The molecule has 1 fully saturated rings. The van der Waals surface area contributed by atoms with Crippen LogP contribution in [0.4, 0.5) is 0 Å². The molecule has 0 bridgehead atoms. The lowest BCUT2D eigenvalue weighted by Gasteiger charge is -2.33. The van der Waals surface area contributed by atoms with Gasteiger partial charge < -0.3 is 15.0 Å². The maximum absolute atomic E-state index is 12.5. The van der Waals surface area contributed by atoms with Crippen molar-refractivity contribution >= 4 is 5.91 Å². The van der Waals surface area contributed by atoms with Gasteiger partial charge in [0, 0.05) is 31.2 Å². The first-order chi connectivity index (χ1) is 8.75. The van der Waals surface area contributed by atoms with Crippen molar-refractivity contribution in [1.29, 1.82) is 0 Å². The monoisotopic (exact) mass is 246 g/mol. The Bertz CT molecular complexity index is 461. The molecule has 1 aromatic carbocycles. The summed E-state index contributed by atoms with van der Waals surface area (Å²) in [4.78, 5) is 14.5. The molecule has 2 atom stereocenters. The SMILES string of the molecule is C[C@H]1CN(C(=O)C2COc3ccccc32)CCN1. The molecule has 1 amide bonds.